The van der Waals surface area contributed by atoms with Crippen LogP contribution in [-0.4, -0.2) is 17.4 Å². The van der Waals surface area contributed by atoms with Crippen LogP contribution in [0.1, 0.15) is 69.2 Å². The van der Waals surface area contributed by atoms with E-state index < -0.39 is 0 Å². The summed E-state index contributed by atoms with van der Waals surface area (Å²) in [6, 6.07) is 8.92. The molecule has 25 heavy (non-hydrogen) atoms. The molecule has 0 heterocycles. The fourth-order valence-corrected chi connectivity index (χ4v) is 4.11. The van der Waals surface area contributed by atoms with Crippen LogP contribution in [0.5, 0.6) is 5.75 Å². The molecule has 0 aliphatic rings. The summed E-state index contributed by atoms with van der Waals surface area (Å²) in [5, 5.41) is 1.53. The second kappa shape index (κ2) is 14.2. The summed E-state index contributed by atoms with van der Waals surface area (Å²) in [7, 11) is 0.999. The van der Waals surface area contributed by atoms with Gasteiger partial charge in [-0.1, -0.05) is 61.6 Å². The fraction of sp³-hybridized carbons (Fsp3) is 0.550. The van der Waals surface area contributed by atoms with Gasteiger partial charge < -0.3 is 4.74 Å². The lowest BCUT2D eigenvalue weighted by Gasteiger charge is -2.11. The highest BCUT2D eigenvalue weighted by atomic mass is 127. The normalized spacial score (nSPS) is 11.8. The molecular weight excluding hydrogens is 554 g/mol. The van der Waals surface area contributed by atoms with E-state index in [1.807, 2.05) is 24.3 Å². The van der Waals surface area contributed by atoms with Crippen LogP contribution in [0, 0.1) is 0 Å². The van der Waals surface area contributed by atoms with Crippen molar-refractivity contribution in [3.63, 3.8) is 0 Å². The molecule has 1 aromatic rings. The number of Topliss-reactive ketones (excluding diaryl/α,β-unsaturated/α-hetero) is 1. The van der Waals surface area contributed by atoms with Crippen molar-refractivity contribution >= 4 is 60.5 Å². The number of ketones is 1. The Morgan fingerprint density at radius 3 is 2.44 bits per heavy atom. The molecule has 2 radical (unpaired) electrons. The zero-order chi connectivity index (χ0) is 18.5. The van der Waals surface area contributed by atoms with E-state index in [-0.39, 0.29) is 7.90 Å². The summed E-state index contributed by atoms with van der Waals surface area (Å²) >= 11 is 4.39. The van der Waals surface area contributed by atoms with Crippen molar-refractivity contribution < 1.29 is 9.53 Å². The van der Waals surface area contributed by atoms with Crippen LogP contribution in [-0.2, 0) is 0 Å². The van der Waals surface area contributed by atoms with E-state index in [2.05, 4.69) is 65.1 Å². The Labute approximate surface area is 182 Å². The molecule has 0 saturated heterocycles. The minimum absolute atomic E-state index is 0.0290. The Morgan fingerprint density at radius 1 is 1.12 bits per heavy atom. The van der Waals surface area contributed by atoms with Crippen molar-refractivity contribution in [2.45, 2.75) is 67.0 Å². The van der Waals surface area contributed by atoms with Crippen LogP contribution < -0.4 is 4.74 Å². The molecule has 0 bridgehead atoms. The van der Waals surface area contributed by atoms with Crippen LogP contribution in [0.4, 0.5) is 0 Å². The largest absolute Gasteiger partial charge is 0.470 e. The van der Waals surface area contributed by atoms with Gasteiger partial charge in [-0.3, -0.25) is 4.79 Å². The summed E-state index contributed by atoms with van der Waals surface area (Å²) in [6.45, 7) is 4.34. The molecule has 0 saturated carbocycles. The van der Waals surface area contributed by atoms with Gasteiger partial charge in [-0.15, -0.1) is 0 Å². The number of ether oxygens (including phenoxy) is 1. The second-order valence-corrected chi connectivity index (χ2v) is 12.4. The third kappa shape index (κ3) is 10.7. The van der Waals surface area contributed by atoms with Crippen LogP contribution in [0.2, 0.25) is 6.04 Å². The van der Waals surface area contributed by atoms with Gasteiger partial charge in [0.25, 0.3) is 0 Å². The van der Waals surface area contributed by atoms with Gasteiger partial charge in [-0.25, -0.2) is 0 Å². The van der Waals surface area contributed by atoms with E-state index in [9.17, 15) is 4.79 Å². The number of hydrogen-bond donors (Lipinski definition) is 0. The summed E-state index contributed by atoms with van der Waals surface area (Å²) in [6.07, 6.45) is 10.1. The lowest BCUT2D eigenvalue weighted by molar-refractivity contribution is 0.0976. The first-order valence-electron chi connectivity index (χ1n) is 8.98. The number of benzene rings is 1. The molecule has 2 nitrogen and oxygen atoms in total. The van der Waals surface area contributed by atoms with Crippen LogP contribution in [0.25, 0.3) is 0 Å². The third-order valence-corrected chi connectivity index (χ3v) is 6.03. The van der Waals surface area contributed by atoms with Gasteiger partial charge in [0.15, 0.2) is 7.90 Å². The minimum atomic E-state index is 0.0290. The number of rotatable bonds is 13. The van der Waals surface area contributed by atoms with Gasteiger partial charge in [-0.05, 0) is 77.6 Å². The van der Waals surface area contributed by atoms with Crippen LogP contribution >= 0.6 is 45.2 Å². The smallest absolute Gasteiger partial charge is 0.199 e. The first-order chi connectivity index (χ1) is 12.0. The molecule has 0 spiro atoms. The highest BCUT2D eigenvalue weighted by Crippen LogP contribution is 2.25. The summed E-state index contributed by atoms with van der Waals surface area (Å²) < 4.78 is 5.75. The van der Waals surface area contributed by atoms with Gasteiger partial charge in [0.2, 0.25) is 0 Å². The van der Waals surface area contributed by atoms with Crippen molar-refractivity contribution in [3.05, 3.63) is 41.1 Å². The van der Waals surface area contributed by atoms with Gasteiger partial charge in [0.1, 0.15) is 5.75 Å². The Hall–Kier alpha value is 0.107. The number of allylic oxidation sites excluding steroid dienone is 2. The number of hydrogen-bond acceptors (Lipinski definition) is 2. The average molecular weight is 582 g/mol. The van der Waals surface area contributed by atoms with Crippen molar-refractivity contribution in [1.29, 1.82) is 0 Å². The Kier molecular flexibility index (Phi) is 13.1. The number of para-hydroxylation sites is 1. The molecule has 0 aromatic heterocycles. The average Bonchev–Trinajstić information content (AvgIpc) is 2.59. The Balaban J connectivity index is 2.17. The maximum Gasteiger partial charge on any atom is 0.199 e. The lowest BCUT2D eigenvalue weighted by atomic mass is 10.0. The van der Waals surface area contributed by atoms with E-state index in [4.69, 9.17) is 4.74 Å². The SMILES string of the molecule is CC=C(C)[Si]CCCCCCCCC(=O)c1ccccc1OC(I)I. The van der Waals surface area contributed by atoms with E-state index in [1.165, 1.54) is 36.9 Å². The molecular formula is C20H28I2O2Si. The van der Waals surface area contributed by atoms with E-state index in [0.717, 1.165) is 27.9 Å². The molecule has 0 aliphatic carbocycles. The van der Waals surface area contributed by atoms with Crippen molar-refractivity contribution in [2.24, 2.45) is 0 Å². The predicted molar refractivity (Wildman–Crippen MR) is 126 cm³/mol. The Bertz CT molecular complexity index is 544. The van der Waals surface area contributed by atoms with Gasteiger partial charge in [-0.2, -0.15) is 0 Å². The topological polar surface area (TPSA) is 26.3 Å². The van der Waals surface area contributed by atoms with Crippen LogP contribution in [0.15, 0.2) is 35.5 Å². The van der Waals surface area contributed by atoms with E-state index >= 15 is 0 Å². The highest BCUT2D eigenvalue weighted by Gasteiger charge is 2.13. The van der Waals surface area contributed by atoms with Crippen molar-refractivity contribution in [2.75, 3.05) is 0 Å². The van der Waals surface area contributed by atoms with E-state index in [1.54, 1.807) is 0 Å². The van der Waals surface area contributed by atoms with E-state index in [0.29, 0.717) is 12.2 Å². The Morgan fingerprint density at radius 2 is 1.76 bits per heavy atom. The minimum Gasteiger partial charge on any atom is -0.470 e. The van der Waals surface area contributed by atoms with Crippen molar-refractivity contribution in [1.82, 2.24) is 0 Å². The number of alkyl halides is 2. The second-order valence-electron chi connectivity index (χ2n) is 6.07. The zero-order valence-corrected chi connectivity index (χ0v) is 20.5. The quantitative estimate of drug-likeness (QED) is 0.0811. The lowest BCUT2D eigenvalue weighted by Crippen LogP contribution is -2.06. The number of halogens is 2. The van der Waals surface area contributed by atoms with Gasteiger partial charge in [0.05, 0.1) is 15.1 Å². The van der Waals surface area contributed by atoms with Crippen molar-refractivity contribution in [3.8, 4) is 5.75 Å². The summed E-state index contributed by atoms with van der Waals surface area (Å²) in [5.41, 5.74) is 0.723. The van der Waals surface area contributed by atoms with Gasteiger partial charge in [0, 0.05) is 6.42 Å². The number of carbonyl (C=O) groups is 1. The molecule has 138 valence electrons. The molecule has 1 rings (SSSR count). The standard InChI is InChI=1S/C20H28I2O2Si/c1-3-16(2)25-15-11-7-5-4-6-8-13-18(23)17-12-9-10-14-19(17)24-20(21)22/h3,9-10,12,14,20H,4-8,11,13,15H2,1-2H3. The molecule has 5 heteroatoms. The first kappa shape index (κ1) is 23.1. The molecule has 0 unspecified atom stereocenters. The predicted octanol–water partition coefficient (Wildman–Crippen LogP) is 7.18. The molecule has 0 N–H and O–H groups in total. The fourth-order valence-electron chi connectivity index (χ4n) is 2.54. The molecule has 0 fully saturated rings. The number of unbranched alkanes of at least 4 members (excludes halogenated alkanes) is 5. The molecule has 0 amide bonds. The summed E-state index contributed by atoms with van der Waals surface area (Å²) in [5.74, 6) is 0.908. The maximum atomic E-state index is 12.4. The highest BCUT2D eigenvalue weighted by molar-refractivity contribution is 14.2. The molecule has 1 aromatic carbocycles. The monoisotopic (exact) mass is 582 g/mol. The summed E-state index contributed by atoms with van der Waals surface area (Å²) in [4.78, 5) is 12.4. The molecule has 0 atom stereocenters. The zero-order valence-electron chi connectivity index (χ0n) is 15.2. The van der Waals surface area contributed by atoms with Crippen LogP contribution in [0.3, 0.4) is 0 Å². The van der Waals surface area contributed by atoms with Gasteiger partial charge >= 0.3 is 0 Å². The maximum absolute atomic E-state index is 12.4. The third-order valence-electron chi connectivity index (χ3n) is 4.07. The number of carbonyl (C=O) groups excluding carboxylic acids is 1. The first-order valence-corrected chi connectivity index (χ1v) is 12.7. The molecule has 0 aliphatic heterocycles.